The van der Waals surface area contributed by atoms with Gasteiger partial charge in [0.05, 0.1) is 12.2 Å². The van der Waals surface area contributed by atoms with Gasteiger partial charge in [0, 0.05) is 23.3 Å². The van der Waals surface area contributed by atoms with Gasteiger partial charge in [-0.05, 0) is 36.1 Å². The number of aliphatic hydroxyl groups is 1. The Bertz CT molecular complexity index is 1400. The summed E-state index contributed by atoms with van der Waals surface area (Å²) in [6.45, 7) is 0.471. The minimum absolute atomic E-state index is 0.0466. The lowest BCUT2D eigenvalue weighted by atomic mass is 10.0. The van der Waals surface area contributed by atoms with Crippen molar-refractivity contribution < 1.29 is 9.50 Å². The van der Waals surface area contributed by atoms with Crippen LogP contribution in [0.15, 0.2) is 59.5 Å². The van der Waals surface area contributed by atoms with Crippen LogP contribution in [0.1, 0.15) is 24.0 Å². The predicted molar refractivity (Wildman–Crippen MR) is 113 cm³/mol. The Labute approximate surface area is 172 Å². The molecule has 150 valence electrons. The molecule has 6 heteroatoms. The van der Waals surface area contributed by atoms with Gasteiger partial charge in [0.1, 0.15) is 17.2 Å². The zero-order chi connectivity index (χ0) is 20.7. The average molecular weight is 401 g/mol. The zero-order valence-corrected chi connectivity index (χ0v) is 16.3. The smallest absolute Gasteiger partial charge is 0.282 e. The van der Waals surface area contributed by atoms with Crippen LogP contribution in [-0.2, 0) is 13.2 Å². The van der Waals surface area contributed by atoms with Crippen molar-refractivity contribution in [2.45, 2.75) is 26.0 Å². The lowest BCUT2D eigenvalue weighted by Gasteiger charge is -2.15. The third-order valence-electron chi connectivity index (χ3n) is 5.57. The number of hydrogen-bond acceptors (Lipinski definition) is 3. The molecule has 5 rings (SSSR count). The number of halogens is 1. The summed E-state index contributed by atoms with van der Waals surface area (Å²) in [7, 11) is 0. The van der Waals surface area contributed by atoms with Crippen molar-refractivity contribution >= 4 is 12.2 Å². The normalized spacial score (nSPS) is 13.0. The second-order valence-electron chi connectivity index (χ2n) is 7.40. The van der Waals surface area contributed by atoms with Crippen LogP contribution in [0.4, 0.5) is 4.39 Å². The van der Waals surface area contributed by atoms with Crippen LogP contribution in [0.3, 0.4) is 0 Å². The molecule has 0 amide bonds. The van der Waals surface area contributed by atoms with E-state index < -0.39 is 5.82 Å². The van der Waals surface area contributed by atoms with Gasteiger partial charge in [0.25, 0.3) is 5.56 Å². The molecule has 0 fully saturated rings. The number of fused-ring (bicyclic) bond motifs is 3. The van der Waals surface area contributed by atoms with Gasteiger partial charge in [-0.3, -0.25) is 4.79 Å². The molecule has 2 aliphatic heterocycles. The molecule has 30 heavy (non-hydrogen) atoms. The number of nitrogens with zero attached hydrogens (tertiary/aromatic N) is 3. The van der Waals surface area contributed by atoms with Crippen molar-refractivity contribution in [2.75, 3.05) is 0 Å². The number of rotatable bonds is 4. The van der Waals surface area contributed by atoms with Crippen LogP contribution in [0.2, 0.25) is 0 Å². The van der Waals surface area contributed by atoms with E-state index in [1.807, 2.05) is 28.8 Å². The van der Waals surface area contributed by atoms with Gasteiger partial charge < -0.3 is 9.67 Å². The SMILES string of the molecule is O=c1c2cn(Cc3ccccc3CO)c3c(c-2nn1-c1ccccc1F)=CCCC=3. The first-order valence-electron chi connectivity index (χ1n) is 9.92. The quantitative estimate of drug-likeness (QED) is 0.570. The maximum atomic E-state index is 14.3. The summed E-state index contributed by atoms with van der Waals surface area (Å²) in [6.07, 6.45) is 7.79. The van der Waals surface area contributed by atoms with E-state index in [2.05, 4.69) is 17.3 Å². The molecule has 0 bridgehead atoms. The second kappa shape index (κ2) is 7.39. The van der Waals surface area contributed by atoms with Crippen molar-refractivity contribution in [3.63, 3.8) is 0 Å². The molecule has 1 N–H and O–H groups in total. The molecule has 0 radical (unpaired) electrons. The maximum Gasteiger partial charge on any atom is 0.282 e. The molecule has 2 aromatic carbocycles. The highest BCUT2D eigenvalue weighted by molar-refractivity contribution is 5.63. The predicted octanol–water partition coefficient (Wildman–Crippen LogP) is 2.17. The fourth-order valence-corrected chi connectivity index (χ4v) is 4.07. The Morgan fingerprint density at radius 3 is 2.53 bits per heavy atom. The lowest BCUT2D eigenvalue weighted by molar-refractivity contribution is 0.280. The van der Waals surface area contributed by atoms with E-state index >= 15 is 0 Å². The molecule has 3 aliphatic rings. The molecule has 0 spiro atoms. The summed E-state index contributed by atoms with van der Waals surface area (Å²) in [5, 5.41) is 16.1. The fraction of sp³-hybridized carbons (Fsp3) is 0.167. The third kappa shape index (κ3) is 2.97. The van der Waals surface area contributed by atoms with Crippen molar-refractivity contribution in [2.24, 2.45) is 0 Å². The zero-order valence-electron chi connectivity index (χ0n) is 16.3. The number of para-hydroxylation sites is 1. The largest absolute Gasteiger partial charge is 0.392 e. The molecule has 0 saturated heterocycles. The van der Waals surface area contributed by atoms with Gasteiger partial charge in [0.2, 0.25) is 0 Å². The first-order valence-corrected chi connectivity index (χ1v) is 9.92. The van der Waals surface area contributed by atoms with Crippen LogP contribution in [0, 0.1) is 5.82 Å². The van der Waals surface area contributed by atoms with E-state index in [1.54, 1.807) is 24.4 Å². The minimum atomic E-state index is -0.489. The monoisotopic (exact) mass is 401 g/mol. The van der Waals surface area contributed by atoms with Crippen LogP contribution in [-0.4, -0.2) is 19.5 Å². The maximum absolute atomic E-state index is 14.3. The first kappa shape index (κ1) is 18.5. The van der Waals surface area contributed by atoms with Crippen molar-refractivity contribution in [1.29, 1.82) is 0 Å². The molecule has 2 heterocycles. The van der Waals surface area contributed by atoms with Crippen molar-refractivity contribution in [1.82, 2.24) is 14.3 Å². The van der Waals surface area contributed by atoms with Crippen molar-refractivity contribution in [3.8, 4) is 16.9 Å². The van der Waals surface area contributed by atoms with E-state index in [4.69, 9.17) is 0 Å². The van der Waals surface area contributed by atoms with E-state index in [-0.39, 0.29) is 17.9 Å². The highest BCUT2D eigenvalue weighted by Gasteiger charge is 2.21. The minimum Gasteiger partial charge on any atom is -0.392 e. The molecule has 2 aromatic rings. The van der Waals surface area contributed by atoms with Crippen LogP contribution in [0.5, 0.6) is 0 Å². The van der Waals surface area contributed by atoms with Gasteiger partial charge in [0.15, 0.2) is 0 Å². The standard InChI is InChI=1S/C24H20FN3O2/c25-20-10-4-6-12-22(20)28-24(30)19-14-27(13-16-7-1-2-8-17(16)15-29)21-11-5-3-9-18(21)23(19)26-28/h1-2,4,6-12,14,29H,3,5,13,15H2. The van der Waals surface area contributed by atoms with Gasteiger partial charge in [-0.15, -0.1) is 0 Å². The molecule has 0 aromatic heterocycles. The number of aliphatic hydroxyl groups excluding tert-OH is 1. The van der Waals surface area contributed by atoms with E-state index in [0.29, 0.717) is 17.8 Å². The topological polar surface area (TPSA) is 60.1 Å². The van der Waals surface area contributed by atoms with Gasteiger partial charge in [-0.1, -0.05) is 48.6 Å². The van der Waals surface area contributed by atoms with Gasteiger partial charge in [-0.25, -0.2) is 4.39 Å². The molecule has 5 nitrogen and oxygen atoms in total. The molecule has 0 saturated carbocycles. The Morgan fingerprint density at radius 2 is 1.73 bits per heavy atom. The molecular formula is C24H20FN3O2. The first-order chi connectivity index (χ1) is 14.7. The van der Waals surface area contributed by atoms with E-state index in [9.17, 15) is 14.3 Å². The summed E-state index contributed by atoms with van der Waals surface area (Å²) in [4.78, 5) is 13.2. The van der Waals surface area contributed by atoms with E-state index in [0.717, 1.165) is 39.2 Å². The fourth-order valence-electron chi connectivity index (χ4n) is 4.07. The van der Waals surface area contributed by atoms with Gasteiger partial charge in [-0.2, -0.15) is 9.78 Å². The Balaban J connectivity index is 1.77. The Hall–Kier alpha value is -3.51. The summed E-state index contributed by atoms with van der Waals surface area (Å²) in [6, 6.07) is 13.8. The summed E-state index contributed by atoms with van der Waals surface area (Å²) in [5.74, 6) is -0.489. The highest BCUT2D eigenvalue weighted by atomic mass is 19.1. The van der Waals surface area contributed by atoms with Crippen molar-refractivity contribution in [3.05, 3.63) is 92.6 Å². The second-order valence-corrected chi connectivity index (χ2v) is 7.40. The number of benzene rings is 2. The third-order valence-corrected chi connectivity index (χ3v) is 5.57. The Kier molecular flexibility index (Phi) is 4.56. The molecular weight excluding hydrogens is 381 g/mol. The highest BCUT2D eigenvalue weighted by Crippen LogP contribution is 2.17. The Morgan fingerprint density at radius 1 is 1.00 bits per heavy atom. The molecule has 0 unspecified atom stereocenters. The average Bonchev–Trinajstić information content (AvgIpc) is 3.11. The summed E-state index contributed by atoms with van der Waals surface area (Å²) < 4.78 is 17.5. The van der Waals surface area contributed by atoms with Crippen LogP contribution in [0.25, 0.3) is 29.1 Å². The summed E-state index contributed by atoms with van der Waals surface area (Å²) >= 11 is 0. The summed E-state index contributed by atoms with van der Waals surface area (Å²) in [5.41, 5.74) is 2.67. The lowest BCUT2D eigenvalue weighted by Crippen LogP contribution is -2.39. The van der Waals surface area contributed by atoms with Gasteiger partial charge >= 0.3 is 0 Å². The number of hydrogen-bond donors (Lipinski definition) is 1. The number of aromatic nitrogens is 3. The molecule has 0 atom stereocenters. The van der Waals surface area contributed by atoms with Crippen LogP contribution >= 0.6 is 0 Å². The van der Waals surface area contributed by atoms with Crippen LogP contribution < -0.4 is 16.1 Å². The number of pyridine rings is 1. The van der Waals surface area contributed by atoms with E-state index in [1.165, 1.54) is 6.07 Å². The molecule has 1 aliphatic carbocycles.